The molecule has 0 fully saturated rings. The van der Waals surface area contributed by atoms with Crippen LogP contribution in [0.1, 0.15) is 46.6 Å². The number of aryl methyl sites for hydroxylation is 1. The molecular weight excluding hydrogens is 436 g/mol. The number of aromatic nitrogens is 2. The van der Waals surface area contributed by atoms with Gasteiger partial charge in [-0.2, -0.15) is 5.10 Å². The smallest absolute Gasteiger partial charge is 0.407 e. The third-order valence-electron chi connectivity index (χ3n) is 5.95. The van der Waals surface area contributed by atoms with Crippen molar-refractivity contribution in [2.75, 3.05) is 6.61 Å². The summed E-state index contributed by atoms with van der Waals surface area (Å²) in [6.07, 6.45) is -0.312. The molecule has 0 radical (unpaired) electrons. The molecule has 0 spiro atoms. The second-order valence-corrected chi connectivity index (χ2v) is 8.10. The second-order valence-electron chi connectivity index (χ2n) is 8.10. The molecule has 1 aliphatic carbocycles. The molecule has 0 saturated heterocycles. The number of carbonyl (C=O) groups excluding carboxylic acids is 2. The molecule has 0 bridgehead atoms. The molecule has 2 amide bonds. The number of alkyl carbamates (subject to hydrolysis) is 1. The average Bonchev–Trinajstić information content (AvgIpc) is 3.37. The third-order valence-corrected chi connectivity index (χ3v) is 5.95. The summed E-state index contributed by atoms with van der Waals surface area (Å²) in [7, 11) is 1.52. The number of hydrogen-bond donors (Lipinski definition) is 3. The van der Waals surface area contributed by atoms with Crippen molar-refractivity contribution in [1.29, 1.82) is 0 Å². The molecule has 0 saturated carbocycles. The van der Waals surface area contributed by atoms with Crippen LogP contribution in [0.4, 0.5) is 4.79 Å². The number of nitrogens with one attached hydrogen (secondary N) is 2. The molecule has 9 heteroatoms. The normalized spacial score (nSPS) is 13.0. The van der Waals surface area contributed by atoms with E-state index >= 15 is 0 Å². The van der Waals surface area contributed by atoms with Crippen LogP contribution in [-0.2, 0) is 23.1 Å². The first kappa shape index (κ1) is 23.0. The van der Waals surface area contributed by atoms with E-state index < -0.39 is 24.0 Å². The van der Waals surface area contributed by atoms with Gasteiger partial charge >= 0.3 is 12.1 Å². The molecule has 1 unspecified atom stereocenters. The summed E-state index contributed by atoms with van der Waals surface area (Å²) in [4.78, 5) is 36.2. The van der Waals surface area contributed by atoms with Gasteiger partial charge in [0.05, 0.1) is 12.2 Å². The summed E-state index contributed by atoms with van der Waals surface area (Å²) >= 11 is 0. The van der Waals surface area contributed by atoms with Gasteiger partial charge in [0.25, 0.3) is 0 Å². The number of nitrogens with zero attached hydrogens (tertiary/aromatic N) is 2. The quantitative estimate of drug-likeness (QED) is 0.473. The monoisotopic (exact) mass is 462 g/mol. The number of carbonyl (C=O) groups is 3. The summed E-state index contributed by atoms with van der Waals surface area (Å²) in [6.45, 7) is 1.98. The Morgan fingerprint density at radius 1 is 1.09 bits per heavy atom. The topological polar surface area (TPSA) is 123 Å². The van der Waals surface area contributed by atoms with E-state index in [1.165, 1.54) is 17.8 Å². The SMILES string of the molecule is CCC(NC(=O)OCC1c2ccccc2-c2ccccc21)C(=O)NCc1cc(C(=O)O)n(C)n1. The Labute approximate surface area is 196 Å². The van der Waals surface area contributed by atoms with Gasteiger partial charge in [-0.1, -0.05) is 55.5 Å². The molecule has 0 aliphatic heterocycles. The van der Waals surface area contributed by atoms with E-state index in [-0.39, 0.29) is 24.8 Å². The third kappa shape index (κ3) is 4.63. The van der Waals surface area contributed by atoms with Crippen molar-refractivity contribution in [2.24, 2.45) is 7.05 Å². The average molecular weight is 463 g/mol. The number of rotatable bonds is 8. The van der Waals surface area contributed by atoms with Crippen LogP contribution in [-0.4, -0.2) is 45.5 Å². The molecule has 34 heavy (non-hydrogen) atoms. The number of hydrogen-bond acceptors (Lipinski definition) is 5. The molecule has 3 aromatic rings. The van der Waals surface area contributed by atoms with Crippen LogP contribution in [0.25, 0.3) is 11.1 Å². The largest absolute Gasteiger partial charge is 0.477 e. The molecule has 176 valence electrons. The van der Waals surface area contributed by atoms with Crippen molar-refractivity contribution in [3.05, 3.63) is 77.1 Å². The number of carboxylic acid groups (broad SMARTS) is 1. The predicted molar refractivity (Wildman–Crippen MR) is 124 cm³/mol. The highest BCUT2D eigenvalue weighted by Crippen LogP contribution is 2.44. The van der Waals surface area contributed by atoms with Crippen LogP contribution in [0.3, 0.4) is 0 Å². The van der Waals surface area contributed by atoms with Crippen molar-refractivity contribution in [3.8, 4) is 11.1 Å². The zero-order valence-electron chi connectivity index (χ0n) is 18.9. The van der Waals surface area contributed by atoms with E-state index in [0.29, 0.717) is 12.1 Å². The van der Waals surface area contributed by atoms with Gasteiger partial charge in [0.2, 0.25) is 5.91 Å². The molecule has 3 N–H and O–H groups in total. The maximum Gasteiger partial charge on any atom is 0.407 e. The molecular formula is C25H26N4O5. The van der Waals surface area contributed by atoms with E-state index in [1.807, 2.05) is 36.4 Å². The standard InChI is InChI=1S/C25H26N4O5/c1-3-21(23(30)26-13-15-12-22(24(31)32)29(2)28-15)27-25(33)34-14-20-18-10-6-4-8-16(18)17-9-5-7-11-19(17)20/h4-12,20-21H,3,13-14H2,1-2H3,(H,26,30)(H,27,33)(H,31,32). The fourth-order valence-electron chi connectivity index (χ4n) is 4.25. The van der Waals surface area contributed by atoms with Crippen molar-refractivity contribution in [1.82, 2.24) is 20.4 Å². The number of carboxylic acids is 1. The molecule has 1 aliphatic rings. The number of ether oxygens (including phenoxy) is 1. The Bertz CT molecular complexity index is 1190. The summed E-state index contributed by atoms with van der Waals surface area (Å²) in [6, 6.07) is 16.7. The van der Waals surface area contributed by atoms with Gasteiger partial charge in [-0.15, -0.1) is 0 Å². The lowest BCUT2D eigenvalue weighted by Gasteiger charge is -2.18. The zero-order valence-corrected chi connectivity index (χ0v) is 18.9. The highest BCUT2D eigenvalue weighted by atomic mass is 16.5. The highest BCUT2D eigenvalue weighted by Gasteiger charge is 2.29. The minimum absolute atomic E-state index is 0.0213. The van der Waals surface area contributed by atoms with E-state index in [1.54, 1.807) is 6.92 Å². The molecule has 2 aromatic carbocycles. The Hall–Kier alpha value is -4.14. The first-order valence-corrected chi connectivity index (χ1v) is 11.0. The first-order chi connectivity index (χ1) is 16.4. The van der Waals surface area contributed by atoms with Gasteiger partial charge in [0.15, 0.2) is 0 Å². The van der Waals surface area contributed by atoms with Gasteiger partial charge < -0.3 is 20.5 Å². The lowest BCUT2D eigenvalue weighted by atomic mass is 9.98. The van der Waals surface area contributed by atoms with Crippen LogP contribution in [0.15, 0.2) is 54.6 Å². The summed E-state index contributed by atoms with van der Waals surface area (Å²) in [5.74, 6) is -1.57. The summed E-state index contributed by atoms with van der Waals surface area (Å²) in [5.41, 5.74) is 4.92. The van der Waals surface area contributed by atoms with Crippen molar-refractivity contribution >= 4 is 18.0 Å². The highest BCUT2D eigenvalue weighted by molar-refractivity contribution is 5.86. The lowest BCUT2D eigenvalue weighted by molar-refractivity contribution is -0.123. The van der Waals surface area contributed by atoms with E-state index in [4.69, 9.17) is 9.84 Å². The fraction of sp³-hybridized carbons (Fsp3) is 0.280. The van der Waals surface area contributed by atoms with E-state index in [0.717, 1.165) is 22.3 Å². The Morgan fingerprint density at radius 2 is 1.71 bits per heavy atom. The van der Waals surface area contributed by atoms with Crippen molar-refractivity contribution < 1.29 is 24.2 Å². The van der Waals surface area contributed by atoms with Crippen LogP contribution in [0.5, 0.6) is 0 Å². The predicted octanol–water partition coefficient (Wildman–Crippen LogP) is 3.05. The van der Waals surface area contributed by atoms with Crippen LogP contribution < -0.4 is 10.6 Å². The van der Waals surface area contributed by atoms with Crippen LogP contribution in [0, 0.1) is 0 Å². The number of benzene rings is 2. The number of fused-ring (bicyclic) bond motifs is 3. The molecule has 1 aromatic heterocycles. The van der Waals surface area contributed by atoms with E-state index in [2.05, 4.69) is 27.9 Å². The van der Waals surface area contributed by atoms with Crippen LogP contribution in [0.2, 0.25) is 0 Å². The van der Waals surface area contributed by atoms with Crippen LogP contribution >= 0.6 is 0 Å². The molecule has 9 nitrogen and oxygen atoms in total. The molecule has 4 rings (SSSR count). The zero-order chi connectivity index (χ0) is 24.2. The van der Waals surface area contributed by atoms with Gasteiger partial charge in [-0.25, -0.2) is 9.59 Å². The summed E-state index contributed by atoms with van der Waals surface area (Å²) in [5, 5.41) is 18.5. The second kappa shape index (κ2) is 9.78. The Balaban J connectivity index is 1.33. The fourth-order valence-corrected chi connectivity index (χ4v) is 4.25. The Kier molecular flexibility index (Phi) is 6.62. The number of aromatic carboxylic acids is 1. The molecule has 1 atom stereocenters. The van der Waals surface area contributed by atoms with Gasteiger partial charge in [0.1, 0.15) is 18.3 Å². The minimum atomic E-state index is -1.10. The maximum atomic E-state index is 12.6. The van der Waals surface area contributed by atoms with Gasteiger partial charge in [-0.3, -0.25) is 9.48 Å². The number of amides is 2. The van der Waals surface area contributed by atoms with Gasteiger partial charge in [-0.05, 0) is 34.7 Å². The van der Waals surface area contributed by atoms with Gasteiger partial charge in [0, 0.05) is 13.0 Å². The van der Waals surface area contributed by atoms with Crippen molar-refractivity contribution in [3.63, 3.8) is 0 Å². The minimum Gasteiger partial charge on any atom is -0.477 e. The lowest BCUT2D eigenvalue weighted by Crippen LogP contribution is -2.46. The maximum absolute atomic E-state index is 12.6. The Morgan fingerprint density at radius 3 is 2.26 bits per heavy atom. The molecule has 1 heterocycles. The summed E-state index contributed by atoms with van der Waals surface area (Å²) < 4.78 is 6.75. The first-order valence-electron chi connectivity index (χ1n) is 11.0. The van der Waals surface area contributed by atoms with E-state index in [9.17, 15) is 14.4 Å². The van der Waals surface area contributed by atoms with Crippen molar-refractivity contribution in [2.45, 2.75) is 31.8 Å².